The van der Waals surface area contributed by atoms with Gasteiger partial charge < -0.3 is 29.4 Å². The van der Waals surface area contributed by atoms with Crippen molar-refractivity contribution in [3.8, 4) is 23.0 Å². The number of benzene rings is 2. The summed E-state index contributed by atoms with van der Waals surface area (Å²) in [6, 6.07) is 12.7. The van der Waals surface area contributed by atoms with Crippen LogP contribution >= 0.6 is 0 Å². The van der Waals surface area contributed by atoms with Crippen LogP contribution in [0.5, 0.6) is 23.0 Å². The van der Waals surface area contributed by atoms with Gasteiger partial charge in [0.05, 0.1) is 27.9 Å². The molecular formula is C24H33N3O6. The van der Waals surface area contributed by atoms with E-state index < -0.39 is 6.10 Å². The predicted molar refractivity (Wildman–Crippen MR) is 126 cm³/mol. The van der Waals surface area contributed by atoms with Gasteiger partial charge in [-0.05, 0) is 24.3 Å². The van der Waals surface area contributed by atoms with Crippen molar-refractivity contribution in [3.63, 3.8) is 0 Å². The Hall–Kier alpha value is -3.01. The van der Waals surface area contributed by atoms with Crippen molar-refractivity contribution in [2.24, 2.45) is 0 Å². The molecule has 0 unspecified atom stereocenters. The molecule has 1 aliphatic heterocycles. The van der Waals surface area contributed by atoms with Crippen LogP contribution in [0.4, 0.5) is 5.69 Å². The van der Waals surface area contributed by atoms with Crippen LogP contribution < -0.4 is 24.3 Å². The molecule has 9 nitrogen and oxygen atoms in total. The fourth-order valence-corrected chi connectivity index (χ4v) is 3.76. The summed E-state index contributed by atoms with van der Waals surface area (Å²) in [5.41, 5.74) is 0.532. The van der Waals surface area contributed by atoms with E-state index in [0.29, 0.717) is 35.2 Å². The minimum atomic E-state index is -0.622. The van der Waals surface area contributed by atoms with Crippen molar-refractivity contribution in [2.75, 3.05) is 72.5 Å². The Morgan fingerprint density at radius 2 is 1.42 bits per heavy atom. The first-order chi connectivity index (χ1) is 16.0. The fraction of sp³-hybridized carbons (Fsp3) is 0.458. The Labute approximate surface area is 194 Å². The van der Waals surface area contributed by atoms with Crippen LogP contribution in [0.25, 0.3) is 0 Å². The Morgan fingerprint density at radius 1 is 0.879 bits per heavy atom. The molecule has 1 heterocycles. The van der Waals surface area contributed by atoms with Gasteiger partial charge in [0.1, 0.15) is 29.9 Å². The van der Waals surface area contributed by atoms with Crippen LogP contribution in [0.15, 0.2) is 42.5 Å². The van der Waals surface area contributed by atoms with E-state index in [-0.39, 0.29) is 19.1 Å². The van der Waals surface area contributed by atoms with Crippen LogP contribution in [0.2, 0.25) is 0 Å². The molecule has 0 bridgehead atoms. The van der Waals surface area contributed by atoms with Crippen molar-refractivity contribution in [1.29, 1.82) is 0 Å². The number of carbonyl (C=O) groups excluding carboxylic acids is 1. The van der Waals surface area contributed by atoms with Gasteiger partial charge in [0.25, 0.3) is 0 Å². The SMILES string of the molecule is COc1ccccc1OC[C@H](O)CN1CCN(CC(=O)Nc2c(OC)cccc2OC)CC1. The number of hydrogen-bond donors (Lipinski definition) is 2. The number of carbonyl (C=O) groups is 1. The van der Waals surface area contributed by atoms with Gasteiger partial charge in [-0.15, -0.1) is 0 Å². The third-order valence-corrected chi connectivity index (χ3v) is 5.49. The Bertz CT molecular complexity index is 879. The van der Waals surface area contributed by atoms with E-state index in [2.05, 4.69) is 15.1 Å². The van der Waals surface area contributed by atoms with E-state index in [1.807, 2.05) is 30.3 Å². The summed E-state index contributed by atoms with van der Waals surface area (Å²) < 4.78 is 21.6. The second-order valence-electron chi connectivity index (χ2n) is 7.78. The molecule has 1 amide bonds. The molecule has 0 aromatic heterocycles. The van der Waals surface area contributed by atoms with Crippen molar-refractivity contribution >= 4 is 11.6 Å². The summed E-state index contributed by atoms with van der Waals surface area (Å²) in [6.07, 6.45) is -0.622. The number of β-amino-alcohol motifs (C(OH)–C–C–N with tert-alkyl or cyclic N) is 1. The van der Waals surface area contributed by atoms with E-state index in [0.717, 1.165) is 26.2 Å². The molecule has 3 rings (SSSR count). The molecule has 2 aromatic carbocycles. The van der Waals surface area contributed by atoms with Gasteiger partial charge >= 0.3 is 0 Å². The first-order valence-electron chi connectivity index (χ1n) is 10.9. The Kier molecular flexibility index (Phi) is 9.17. The van der Waals surface area contributed by atoms with Crippen LogP contribution in [0.3, 0.4) is 0 Å². The number of nitrogens with zero attached hydrogens (tertiary/aromatic N) is 2. The van der Waals surface area contributed by atoms with E-state index in [9.17, 15) is 9.90 Å². The highest BCUT2D eigenvalue weighted by Gasteiger charge is 2.22. The van der Waals surface area contributed by atoms with Crippen molar-refractivity contribution in [2.45, 2.75) is 6.10 Å². The lowest BCUT2D eigenvalue weighted by Gasteiger charge is -2.35. The van der Waals surface area contributed by atoms with Crippen LogP contribution in [-0.2, 0) is 4.79 Å². The number of hydrogen-bond acceptors (Lipinski definition) is 8. The van der Waals surface area contributed by atoms with E-state index in [1.54, 1.807) is 33.5 Å². The number of rotatable bonds is 11. The molecule has 0 aliphatic carbocycles. The molecule has 0 saturated carbocycles. The zero-order valence-electron chi connectivity index (χ0n) is 19.5. The minimum absolute atomic E-state index is 0.128. The third kappa shape index (κ3) is 6.98. The maximum atomic E-state index is 12.6. The molecular weight excluding hydrogens is 426 g/mol. The summed E-state index contributed by atoms with van der Waals surface area (Å²) in [5.74, 6) is 2.23. The van der Waals surface area contributed by atoms with Crippen LogP contribution in [0, 0.1) is 0 Å². The Morgan fingerprint density at radius 3 is 2.03 bits per heavy atom. The highest BCUT2D eigenvalue weighted by atomic mass is 16.5. The zero-order chi connectivity index (χ0) is 23.6. The molecule has 0 radical (unpaired) electrons. The highest BCUT2D eigenvalue weighted by Crippen LogP contribution is 2.34. The number of para-hydroxylation sites is 3. The average molecular weight is 460 g/mol. The molecule has 9 heteroatoms. The summed E-state index contributed by atoms with van der Waals surface area (Å²) in [4.78, 5) is 16.9. The molecule has 1 aliphatic rings. The molecule has 1 atom stereocenters. The van der Waals surface area contributed by atoms with Crippen LogP contribution in [0.1, 0.15) is 0 Å². The predicted octanol–water partition coefficient (Wildman–Crippen LogP) is 1.71. The first-order valence-corrected chi connectivity index (χ1v) is 10.9. The van der Waals surface area contributed by atoms with Crippen molar-refractivity contribution < 1.29 is 28.8 Å². The van der Waals surface area contributed by atoms with Gasteiger partial charge in [-0.3, -0.25) is 14.6 Å². The third-order valence-electron chi connectivity index (χ3n) is 5.49. The maximum Gasteiger partial charge on any atom is 0.238 e. The molecule has 1 saturated heterocycles. The number of aliphatic hydroxyl groups is 1. The topological polar surface area (TPSA) is 92.7 Å². The van der Waals surface area contributed by atoms with Gasteiger partial charge in [-0.25, -0.2) is 0 Å². The summed E-state index contributed by atoms with van der Waals surface area (Å²) in [5, 5.41) is 13.3. The number of aliphatic hydroxyl groups excluding tert-OH is 1. The second-order valence-corrected chi connectivity index (χ2v) is 7.78. The van der Waals surface area contributed by atoms with Crippen molar-refractivity contribution in [1.82, 2.24) is 9.80 Å². The summed E-state index contributed by atoms with van der Waals surface area (Å²) in [7, 11) is 4.70. The smallest absolute Gasteiger partial charge is 0.238 e. The lowest BCUT2D eigenvalue weighted by atomic mass is 10.2. The van der Waals surface area contributed by atoms with Gasteiger partial charge in [0.2, 0.25) is 5.91 Å². The second kappa shape index (κ2) is 12.3. The summed E-state index contributed by atoms with van der Waals surface area (Å²) in [6.45, 7) is 3.95. The molecule has 1 fully saturated rings. The van der Waals surface area contributed by atoms with Gasteiger partial charge in [-0.1, -0.05) is 18.2 Å². The molecule has 0 spiro atoms. The van der Waals surface area contributed by atoms with Crippen molar-refractivity contribution in [3.05, 3.63) is 42.5 Å². The van der Waals surface area contributed by atoms with Gasteiger partial charge in [0.15, 0.2) is 11.5 Å². The largest absolute Gasteiger partial charge is 0.494 e. The molecule has 2 aromatic rings. The van der Waals surface area contributed by atoms with E-state index >= 15 is 0 Å². The zero-order valence-corrected chi connectivity index (χ0v) is 19.5. The maximum absolute atomic E-state index is 12.6. The van der Waals surface area contributed by atoms with E-state index in [1.165, 1.54) is 0 Å². The fourth-order valence-electron chi connectivity index (χ4n) is 3.76. The quantitative estimate of drug-likeness (QED) is 0.525. The Balaban J connectivity index is 1.41. The lowest BCUT2D eigenvalue weighted by molar-refractivity contribution is -0.117. The molecule has 2 N–H and O–H groups in total. The number of nitrogens with one attached hydrogen (secondary N) is 1. The number of amides is 1. The standard InChI is InChI=1S/C24H33N3O6/c1-30-19-7-4-5-8-20(19)33-17-18(28)15-26-11-13-27(14-12-26)16-23(29)25-24-21(31-2)9-6-10-22(24)32-3/h4-10,18,28H,11-17H2,1-3H3,(H,25,29)/t18-/m1/s1. The number of piperazine rings is 1. The monoisotopic (exact) mass is 459 g/mol. The summed E-state index contributed by atoms with van der Waals surface area (Å²) >= 11 is 0. The number of methoxy groups -OCH3 is 3. The first kappa shape index (κ1) is 24.6. The molecule has 180 valence electrons. The normalized spacial score (nSPS) is 15.5. The minimum Gasteiger partial charge on any atom is -0.494 e. The van der Waals surface area contributed by atoms with Crippen LogP contribution in [-0.4, -0.2) is 94.1 Å². The number of anilines is 1. The van der Waals surface area contributed by atoms with Gasteiger partial charge in [-0.2, -0.15) is 0 Å². The van der Waals surface area contributed by atoms with E-state index in [4.69, 9.17) is 18.9 Å². The molecule has 33 heavy (non-hydrogen) atoms. The number of ether oxygens (including phenoxy) is 4. The average Bonchev–Trinajstić information content (AvgIpc) is 2.84. The van der Waals surface area contributed by atoms with Gasteiger partial charge in [0, 0.05) is 32.7 Å². The highest BCUT2D eigenvalue weighted by molar-refractivity contribution is 5.95. The lowest BCUT2D eigenvalue weighted by Crippen LogP contribution is -2.50.